The summed E-state index contributed by atoms with van der Waals surface area (Å²) in [6, 6.07) is 11.6. The molecule has 0 fully saturated rings. The van der Waals surface area contributed by atoms with Crippen molar-refractivity contribution in [2.24, 2.45) is 0 Å². The fourth-order valence-corrected chi connectivity index (χ4v) is 5.71. The molecule has 1 aliphatic carbocycles. The van der Waals surface area contributed by atoms with E-state index in [1.54, 1.807) is 44.6 Å². The smallest absolute Gasteiger partial charge is 0.252 e. The zero-order valence-corrected chi connectivity index (χ0v) is 24.7. The van der Waals surface area contributed by atoms with E-state index in [-0.39, 0.29) is 23.3 Å². The topological polar surface area (TPSA) is 127 Å². The van der Waals surface area contributed by atoms with Crippen LogP contribution in [0.5, 0.6) is 17.2 Å². The number of hydrogen-bond acceptors (Lipinski definition) is 10. The van der Waals surface area contributed by atoms with E-state index in [4.69, 9.17) is 24.6 Å². The summed E-state index contributed by atoms with van der Waals surface area (Å²) in [4.78, 5) is 32.0. The number of aryl methyl sites for hydroxylation is 1. The highest BCUT2D eigenvalue weighted by Gasteiger charge is 2.30. The van der Waals surface area contributed by atoms with Crippen LogP contribution < -0.4 is 25.0 Å². The predicted molar refractivity (Wildman–Crippen MR) is 152 cm³/mol. The van der Waals surface area contributed by atoms with Crippen LogP contribution in [0.15, 0.2) is 56.6 Å². The van der Waals surface area contributed by atoms with Gasteiger partial charge in [-0.1, -0.05) is 12.1 Å². The summed E-state index contributed by atoms with van der Waals surface area (Å²) in [6.07, 6.45) is 2.88. The number of ether oxygens (including phenoxy) is 3. The first-order valence-electron chi connectivity index (χ1n) is 12.2. The number of carbonyl (C=O) groups is 1. The van der Waals surface area contributed by atoms with E-state index in [2.05, 4.69) is 26.1 Å². The number of amides is 1. The van der Waals surface area contributed by atoms with Gasteiger partial charge in [0, 0.05) is 10.0 Å². The minimum absolute atomic E-state index is 0.159. The van der Waals surface area contributed by atoms with Crippen LogP contribution in [0.2, 0.25) is 0 Å². The maximum Gasteiger partial charge on any atom is 0.252 e. The molecule has 1 aliphatic rings. The summed E-state index contributed by atoms with van der Waals surface area (Å²) in [7, 11) is 4.65. The largest absolute Gasteiger partial charge is 0.493 e. The molecular formula is C28H29BrN2O8S. The molecule has 1 atom stereocenters. The molecule has 1 amide bonds. The van der Waals surface area contributed by atoms with Crippen molar-refractivity contribution in [1.29, 1.82) is 0 Å². The predicted octanol–water partition coefficient (Wildman–Crippen LogP) is 5.15. The molecule has 212 valence electrons. The minimum Gasteiger partial charge on any atom is -0.493 e. The number of nitrogens with one attached hydrogen (secondary N) is 1. The Balaban J connectivity index is 1.84. The Labute approximate surface area is 243 Å². The fourth-order valence-electron chi connectivity index (χ4n) is 4.82. The van der Waals surface area contributed by atoms with E-state index in [0.717, 1.165) is 16.7 Å². The highest BCUT2D eigenvalue weighted by Crippen LogP contribution is 2.50. The van der Waals surface area contributed by atoms with E-state index >= 15 is 0 Å². The summed E-state index contributed by atoms with van der Waals surface area (Å²) >= 11 is 4.77. The maximum atomic E-state index is 13.6. The van der Waals surface area contributed by atoms with Crippen LogP contribution in [-0.4, -0.2) is 49.3 Å². The zero-order chi connectivity index (χ0) is 29.0. The van der Waals surface area contributed by atoms with Gasteiger partial charge in [0.25, 0.3) is 5.91 Å². The van der Waals surface area contributed by atoms with Crippen LogP contribution >= 0.6 is 27.7 Å². The van der Waals surface area contributed by atoms with E-state index in [1.807, 2.05) is 18.4 Å². The van der Waals surface area contributed by atoms with Crippen LogP contribution in [0.1, 0.15) is 39.5 Å². The molecule has 12 heteroatoms. The Hall–Kier alpha value is -3.13. The van der Waals surface area contributed by atoms with Crippen molar-refractivity contribution in [2.45, 2.75) is 30.4 Å². The molecule has 3 aromatic carbocycles. The molecule has 0 radical (unpaired) electrons. The summed E-state index contributed by atoms with van der Waals surface area (Å²) in [6.45, 7) is -0.168. The number of halogens is 1. The Kier molecular flexibility index (Phi) is 9.72. The molecule has 0 heterocycles. The van der Waals surface area contributed by atoms with Gasteiger partial charge in [-0.25, -0.2) is 4.84 Å². The fraction of sp³-hybridized carbons (Fsp3) is 0.286. The van der Waals surface area contributed by atoms with Gasteiger partial charge < -0.3 is 19.5 Å². The van der Waals surface area contributed by atoms with Crippen molar-refractivity contribution < 1.29 is 34.3 Å². The van der Waals surface area contributed by atoms with Gasteiger partial charge in [-0.3, -0.25) is 20.0 Å². The molecule has 0 bridgehead atoms. The van der Waals surface area contributed by atoms with Crippen molar-refractivity contribution in [3.63, 3.8) is 0 Å². The third-order valence-corrected chi connectivity index (χ3v) is 8.12. The minimum atomic E-state index is -0.524. The summed E-state index contributed by atoms with van der Waals surface area (Å²) in [5.41, 5.74) is 3.78. The Bertz CT molecular complexity index is 1480. The zero-order valence-electron chi connectivity index (χ0n) is 22.3. The van der Waals surface area contributed by atoms with Gasteiger partial charge in [0.1, 0.15) is 0 Å². The first-order chi connectivity index (χ1) is 19.2. The van der Waals surface area contributed by atoms with E-state index in [0.29, 0.717) is 56.1 Å². The summed E-state index contributed by atoms with van der Waals surface area (Å²) < 4.78 is 17.6. The third-order valence-electron chi connectivity index (χ3n) is 6.65. The number of nitrogens with zero attached hydrogens (tertiary/aromatic N) is 1. The normalized spacial score (nSPS) is 14.2. The van der Waals surface area contributed by atoms with Crippen LogP contribution in [-0.2, 0) is 17.9 Å². The number of carbonyl (C=O) groups excluding carboxylic acids is 1. The van der Waals surface area contributed by atoms with E-state index in [9.17, 15) is 9.59 Å². The molecule has 0 unspecified atom stereocenters. The lowest BCUT2D eigenvalue weighted by Gasteiger charge is -2.20. The average Bonchev–Trinajstić information content (AvgIpc) is 3.19. The number of benzene rings is 2. The first kappa shape index (κ1) is 29.8. The Morgan fingerprint density at radius 3 is 2.48 bits per heavy atom. The number of methoxy groups -OCH3 is 3. The average molecular weight is 634 g/mol. The highest BCUT2D eigenvalue weighted by atomic mass is 79.9. The molecule has 0 spiro atoms. The SMILES string of the molecule is COc1cc2c(c(OC)c1OC)-c1ccc(SC)c(=O)cc1[C@@H](NC(=O)c1cc(CON(O)O)ccc1Br)CC2. The lowest BCUT2D eigenvalue weighted by molar-refractivity contribution is -0.497. The maximum absolute atomic E-state index is 13.6. The van der Waals surface area contributed by atoms with Crippen molar-refractivity contribution in [2.75, 3.05) is 27.6 Å². The lowest BCUT2D eigenvalue weighted by Crippen LogP contribution is -2.29. The number of fused-ring (bicyclic) bond motifs is 3. The van der Waals surface area contributed by atoms with Crippen LogP contribution in [0, 0.1) is 0 Å². The molecule has 0 saturated carbocycles. The highest BCUT2D eigenvalue weighted by molar-refractivity contribution is 9.10. The quantitative estimate of drug-likeness (QED) is 0.215. The monoisotopic (exact) mass is 632 g/mol. The molecule has 0 aromatic heterocycles. The third kappa shape index (κ3) is 6.12. The van der Waals surface area contributed by atoms with Crippen molar-refractivity contribution in [3.8, 4) is 28.4 Å². The van der Waals surface area contributed by atoms with Crippen molar-refractivity contribution in [1.82, 2.24) is 10.7 Å². The summed E-state index contributed by atoms with van der Waals surface area (Å²) in [5, 5.41) is 20.5. The molecule has 3 aromatic rings. The van der Waals surface area contributed by atoms with E-state index in [1.165, 1.54) is 18.9 Å². The van der Waals surface area contributed by atoms with E-state index < -0.39 is 6.04 Å². The first-order valence-corrected chi connectivity index (χ1v) is 14.2. The molecule has 3 N–H and O–H groups in total. The van der Waals surface area contributed by atoms with Gasteiger partial charge in [0.05, 0.1) is 49.8 Å². The molecular weight excluding hydrogens is 604 g/mol. The number of rotatable bonds is 9. The second-order valence-corrected chi connectivity index (χ2v) is 10.6. The van der Waals surface area contributed by atoms with Gasteiger partial charge in [0.15, 0.2) is 16.9 Å². The molecule has 40 heavy (non-hydrogen) atoms. The second-order valence-electron chi connectivity index (χ2n) is 8.86. The van der Waals surface area contributed by atoms with Gasteiger partial charge in [-0.15, -0.1) is 11.8 Å². The van der Waals surface area contributed by atoms with Crippen molar-refractivity contribution >= 4 is 33.6 Å². The van der Waals surface area contributed by atoms with Crippen LogP contribution in [0.3, 0.4) is 0 Å². The van der Waals surface area contributed by atoms with Crippen LogP contribution in [0.25, 0.3) is 11.1 Å². The van der Waals surface area contributed by atoms with Crippen molar-refractivity contribution in [3.05, 3.63) is 79.4 Å². The molecule has 0 saturated heterocycles. The van der Waals surface area contributed by atoms with Gasteiger partial charge in [0.2, 0.25) is 5.75 Å². The van der Waals surface area contributed by atoms with Crippen LogP contribution in [0.4, 0.5) is 0 Å². The standard InChI is InChI=1S/C28H29BrN2O8S/c1-36-23-12-16-6-9-21(30-28(33)19-11-15(5-8-20(19)29)14-39-31(34)35)18-13-22(32)24(40-4)10-7-17(18)25(16)27(38-3)26(23)37-2/h5,7-8,10-13,21,34-35H,6,9,14H2,1-4H3,(H,30,33)/t21-/m0/s1. The Morgan fingerprint density at radius 1 is 1.07 bits per heavy atom. The molecule has 10 nitrogen and oxygen atoms in total. The molecule has 4 rings (SSSR count). The Morgan fingerprint density at radius 2 is 1.82 bits per heavy atom. The number of thioether (sulfide) groups is 1. The van der Waals surface area contributed by atoms with Gasteiger partial charge in [-0.2, -0.15) is 0 Å². The van der Waals surface area contributed by atoms with Gasteiger partial charge in [-0.05, 0) is 87.6 Å². The van der Waals surface area contributed by atoms with Gasteiger partial charge >= 0.3 is 0 Å². The molecule has 0 aliphatic heterocycles. The summed E-state index contributed by atoms with van der Waals surface area (Å²) in [5.74, 6) is 1.05. The second kappa shape index (κ2) is 13.0. The lowest BCUT2D eigenvalue weighted by atomic mass is 9.95. The number of hydrogen-bond donors (Lipinski definition) is 3.